The maximum atomic E-state index is 12.6. The molecule has 1 saturated heterocycles. The van der Waals surface area contributed by atoms with Crippen molar-refractivity contribution in [3.05, 3.63) is 72.1 Å². The van der Waals surface area contributed by atoms with E-state index in [0.717, 1.165) is 41.5 Å². The van der Waals surface area contributed by atoms with E-state index in [4.69, 9.17) is 16.7 Å². The van der Waals surface area contributed by atoms with Gasteiger partial charge in [0.2, 0.25) is 5.91 Å². The summed E-state index contributed by atoms with van der Waals surface area (Å²) in [5.74, 6) is 0.463. The number of amidine groups is 1. The van der Waals surface area contributed by atoms with Gasteiger partial charge < -0.3 is 10.2 Å². The number of nitrogens with one attached hydrogen (secondary N) is 1. The molecule has 2 aromatic heterocycles. The van der Waals surface area contributed by atoms with Gasteiger partial charge in [0.05, 0.1) is 10.5 Å². The third kappa shape index (κ3) is 5.39. The SMILES string of the molecule is C=CC(=O)N1CCC[C@@H](Cn2nc(-c3ccc(C(=O)NC(/C=C\C)=NC)cc3)c3cncc(Cl)c32)C1. The number of halogens is 1. The fraction of sp³-hybridized carbons (Fsp3) is 0.296. The Morgan fingerprint density at radius 2 is 2.06 bits per heavy atom. The quantitative estimate of drug-likeness (QED) is 0.303. The molecule has 36 heavy (non-hydrogen) atoms. The number of carbonyl (C=O) groups excluding carboxylic acids is 2. The van der Waals surface area contributed by atoms with Crippen LogP contribution < -0.4 is 5.32 Å². The molecule has 0 aliphatic carbocycles. The molecule has 186 valence electrons. The summed E-state index contributed by atoms with van der Waals surface area (Å²) in [6.45, 7) is 7.51. The van der Waals surface area contributed by atoms with Crippen LogP contribution in [0.25, 0.3) is 22.2 Å². The molecule has 1 aromatic carbocycles. The van der Waals surface area contributed by atoms with Gasteiger partial charge in [0.1, 0.15) is 11.5 Å². The first kappa shape index (κ1) is 25.3. The number of carbonyl (C=O) groups is 2. The number of hydrogen-bond acceptors (Lipinski definition) is 5. The monoisotopic (exact) mass is 504 g/mol. The van der Waals surface area contributed by atoms with Crippen LogP contribution in [0.2, 0.25) is 5.02 Å². The topological polar surface area (TPSA) is 92.5 Å². The van der Waals surface area contributed by atoms with Crippen molar-refractivity contribution in [2.24, 2.45) is 10.9 Å². The number of fused-ring (bicyclic) bond motifs is 1. The molecule has 0 spiro atoms. The van der Waals surface area contributed by atoms with Crippen LogP contribution >= 0.6 is 11.6 Å². The van der Waals surface area contributed by atoms with Gasteiger partial charge in [-0.2, -0.15) is 5.10 Å². The van der Waals surface area contributed by atoms with Crippen LogP contribution in [0.4, 0.5) is 0 Å². The van der Waals surface area contributed by atoms with Gasteiger partial charge in [0.15, 0.2) is 0 Å². The Balaban J connectivity index is 1.61. The Bertz CT molecular complexity index is 1340. The Hall–Kier alpha value is -3.78. The van der Waals surface area contributed by atoms with Crippen molar-refractivity contribution in [2.75, 3.05) is 20.1 Å². The van der Waals surface area contributed by atoms with E-state index in [2.05, 4.69) is 21.9 Å². The van der Waals surface area contributed by atoms with Crippen molar-refractivity contribution in [1.29, 1.82) is 0 Å². The van der Waals surface area contributed by atoms with E-state index in [1.54, 1.807) is 37.7 Å². The number of allylic oxidation sites excluding steroid dienone is 1. The van der Waals surface area contributed by atoms with Gasteiger partial charge in [0, 0.05) is 55.6 Å². The Kier molecular flexibility index (Phi) is 7.95. The molecular weight excluding hydrogens is 476 g/mol. The van der Waals surface area contributed by atoms with E-state index in [1.165, 1.54) is 6.08 Å². The number of pyridine rings is 1. The highest BCUT2D eigenvalue weighted by Gasteiger charge is 2.25. The summed E-state index contributed by atoms with van der Waals surface area (Å²) in [6, 6.07) is 7.25. The molecule has 3 heterocycles. The van der Waals surface area contributed by atoms with Crippen LogP contribution in [0.1, 0.15) is 30.1 Å². The molecule has 3 aromatic rings. The number of hydrogen-bond donors (Lipinski definition) is 1. The molecule has 1 atom stereocenters. The van der Waals surface area contributed by atoms with Crippen molar-refractivity contribution in [2.45, 2.75) is 26.3 Å². The number of nitrogens with zero attached hydrogens (tertiary/aromatic N) is 5. The fourth-order valence-electron chi connectivity index (χ4n) is 4.52. The van der Waals surface area contributed by atoms with Crippen LogP contribution in [0.5, 0.6) is 0 Å². The standard InChI is InChI=1S/C27H29ClN6O2/c1-4-7-23(29-3)31-27(36)20-11-9-19(10-12-20)25-21-14-30-15-22(28)26(21)34(32-25)17-18-8-6-13-33(16-18)24(35)5-2/h4-5,7,9-12,14-15,18H,2,6,8,13,16-17H2,1,3H3,(H,29,31,36)/b7-4-/t18-/m1/s1. The van der Waals surface area contributed by atoms with Gasteiger partial charge in [-0.15, -0.1) is 0 Å². The molecule has 1 aliphatic rings. The third-order valence-corrected chi connectivity index (χ3v) is 6.55. The molecule has 2 amide bonds. The second kappa shape index (κ2) is 11.3. The van der Waals surface area contributed by atoms with E-state index in [9.17, 15) is 9.59 Å². The number of aliphatic imine (C=N–C) groups is 1. The molecule has 1 fully saturated rings. The van der Waals surface area contributed by atoms with Gasteiger partial charge in [-0.3, -0.25) is 24.2 Å². The zero-order valence-corrected chi connectivity index (χ0v) is 21.2. The number of amides is 2. The molecule has 1 N–H and O–H groups in total. The van der Waals surface area contributed by atoms with Gasteiger partial charge in [-0.05, 0) is 50.0 Å². The zero-order valence-electron chi connectivity index (χ0n) is 20.4. The lowest BCUT2D eigenvalue weighted by Gasteiger charge is -2.32. The highest BCUT2D eigenvalue weighted by Crippen LogP contribution is 2.33. The van der Waals surface area contributed by atoms with Gasteiger partial charge in [-0.25, -0.2) is 0 Å². The van der Waals surface area contributed by atoms with Crippen LogP contribution in [0.3, 0.4) is 0 Å². The maximum absolute atomic E-state index is 12.6. The van der Waals surface area contributed by atoms with Crippen molar-refractivity contribution >= 4 is 40.2 Å². The van der Waals surface area contributed by atoms with Crippen LogP contribution in [-0.2, 0) is 11.3 Å². The predicted molar refractivity (Wildman–Crippen MR) is 143 cm³/mol. The average Bonchev–Trinajstić information content (AvgIpc) is 3.27. The number of piperidine rings is 1. The van der Waals surface area contributed by atoms with Crippen molar-refractivity contribution in [1.82, 2.24) is 25.0 Å². The van der Waals surface area contributed by atoms with Crippen molar-refractivity contribution in [3.8, 4) is 11.3 Å². The van der Waals surface area contributed by atoms with E-state index >= 15 is 0 Å². The Morgan fingerprint density at radius 3 is 2.75 bits per heavy atom. The number of rotatable bonds is 6. The molecule has 9 heteroatoms. The van der Waals surface area contributed by atoms with E-state index in [1.807, 2.05) is 34.7 Å². The summed E-state index contributed by atoms with van der Waals surface area (Å²) in [5.41, 5.74) is 2.92. The van der Waals surface area contributed by atoms with Crippen LogP contribution in [0, 0.1) is 5.92 Å². The van der Waals surface area contributed by atoms with Crippen LogP contribution in [0.15, 0.2) is 66.5 Å². The lowest BCUT2D eigenvalue weighted by Crippen LogP contribution is -2.40. The Morgan fingerprint density at radius 1 is 1.28 bits per heavy atom. The molecule has 0 radical (unpaired) electrons. The number of benzene rings is 1. The maximum Gasteiger partial charge on any atom is 0.256 e. The largest absolute Gasteiger partial charge is 0.339 e. The van der Waals surface area contributed by atoms with E-state index in [0.29, 0.717) is 29.5 Å². The molecule has 0 unspecified atom stereocenters. The second-order valence-electron chi connectivity index (χ2n) is 8.69. The highest BCUT2D eigenvalue weighted by atomic mass is 35.5. The van der Waals surface area contributed by atoms with Gasteiger partial charge in [-0.1, -0.05) is 36.4 Å². The smallest absolute Gasteiger partial charge is 0.256 e. The lowest BCUT2D eigenvalue weighted by molar-refractivity contribution is -0.127. The molecule has 0 saturated carbocycles. The first-order valence-corrected chi connectivity index (χ1v) is 12.3. The van der Waals surface area contributed by atoms with E-state index < -0.39 is 0 Å². The predicted octanol–water partition coefficient (Wildman–Crippen LogP) is 4.51. The second-order valence-corrected chi connectivity index (χ2v) is 9.09. The summed E-state index contributed by atoms with van der Waals surface area (Å²) >= 11 is 6.57. The normalized spacial score (nSPS) is 16.5. The minimum Gasteiger partial charge on any atom is -0.339 e. The summed E-state index contributed by atoms with van der Waals surface area (Å²) < 4.78 is 1.92. The molecule has 8 nitrogen and oxygen atoms in total. The Labute approximate surface area is 215 Å². The fourth-order valence-corrected chi connectivity index (χ4v) is 4.78. The lowest BCUT2D eigenvalue weighted by atomic mass is 9.98. The first-order chi connectivity index (χ1) is 17.4. The summed E-state index contributed by atoms with van der Waals surface area (Å²) in [5, 5.41) is 9.05. The molecule has 4 rings (SSSR count). The third-order valence-electron chi connectivity index (χ3n) is 6.27. The minimum absolute atomic E-state index is 0.0416. The molecule has 1 aliphatic heterocycles. The van der Waals surface area contributed by atoms with Crippen molar-refractivity contribution in [3.63, 3.8) is 0 Å². The zero-order chi connectivity index (χ0) is 25.7. The minimum atomic E-state index is -0.240. The van der Waals surface area contributed by atoms with E-state index in [-0.39, 0.29) is 17.7 Å². The number of aromatic nitrogens is 3. The number of likely N-dealkylation sites (tertiary alicyclic amines) is 1. The first-order valence-electron chi connectivity index (χ1n) is 11.9. The molecule has 0 bridgehead atoms. The summed E-state index contributed by atoms with van der Waals surface area (Å²) in [4.78, 5) is 34.9. The average molecular weight is 505 g/mol. The summed E-state index contributed by atoms with van der Waals surface area (Å²) in [7, 11) is 1.63. The summed E-state index contributed by atoms with van der Waals surface area (Å²) in [6.07, 6.45) is 10.2. The molecular formula is C27H29ClN6O2. The van der Waals surface area contributed by atoms with Gasteiger partial charge in [0.25, 0.3) is 5.91 Å². The van der Waals surface area contributed by atoms with Crippen LogP contribution in [-0.4, -0.2) is 57.5 Å². The highest BCUT2D eigenvalue weighted by molar-refractivity contribution is 6.35. The van der Waals surface area contributed by atoms with Crippen molar-refractivity contribution < 1.29 is 9.59 Å². The van der Waals surface area contributed by atoms with Gasteiger partial charge >= 0.3 is 0 Å².